The molecule has 1 unspecified atom stereocenters. The summed E-state index contributed by atoms with van der Waals surface area (Å²) in [5.74, 6) is 1.73. The molecule has 0 fully saturated rings. The Balaban J connectivity index is 0.00000342. The van der Waals surface area contributed by atoms with Crippen molar-refractivity contribution in [1.82, 2.24) is 0 Å². The van der Waals surface area contributed by atoms with Crippen LogP contribution >= 0.6 is 20.2 Å². The van der Waals surface area contributed by atoms with Crippen molar-refractivity contribution in [2.75, 3.05) is 7.11 Å². The molecule has 0 saturated heterocycles. The molecule has 0 aliphatic rings. The number of benzene rings is 4. The molecule has 174 valence electrons. The molecule has 4 nitrogen and oxygen atoms in total. The van der Waals surface area contributed by atoms with E-state index in [-0.39, 0.29) is 33.0 Å². The Morgan fingerprint density at radius 1 is 0.771 bits per heavy atom. The van der Waals surface area contributed by atoms with E-state index in [0.717, 1.165) is 16.4 Å². The minimum atomic E-state index is -0.195. The number of carbonyl (C=O) groups is 1. The number of rotatable bonds is 10. The van der Waals surface area contributed by atoms with E-state index >= 15 is 0 Å². The van der Waals surface area contributed by atoms with Gasteiger partial charge in [-0.25, -0.2) is 0 Å². The van der Waals surface area contributed by atoms with E-state index in [1.807, 2.05) is 78.9 Å². The predicted molar refractivity (Wildman–Crippen MR) is 145 cm³/mol. The van der Waals surface area contributed by atoms with Crippen LogP contribution in [0.3, 0.4) is 0 Å². The number of hydrogen-bond donors (Lipinski definition) is 0. The summed E-state index contributed by atoms with van der Waals surface area (Å²) in [6.45, 7) is 0.820. The zero-order chi connectivity index (χ0) is 23.8. The van der Waals surface area contributed by atoms with Gasteiger partial charge in [-0.1, -0.05) is 78.3 Å². The van der Waals surface area contributed by atoms with Crippen LogP contribution in [0.15, 0.2) is 97.1 Å². The van der Waals surface area contributed by atoms with Gasteiger partial charge in [0, 0.05) is 11.4 Å². The van der Waals surface area contributed by atoms with Gasteiger partial charge < -0.3 is 14.2 Å². The van der Waals surface area contributed by atoms with Crippen LogP contribution in [-0.4, -0.2) is 31.5 Å². The molecular weight excluding hydrogens is 474 g/mol. The molecule has 0 saturated carbocycles. The molecule has 0 spiro atoms. The standard InChI is InChI=1S/C28H24ClO4P.Li.H/c1-31-24-14-8-13-23(29)27(24)28(30)34-26-16-15-22(32-18-20-9-4-2-5-10-20)17-25(26)33-19-21-11-6-3-7-12-21;;/h2-17,34H,18-19H2,1H3;;. The first-order valence-electron chi connectivity index (χ1n) is 10.8. The van der Waals surface area contributed by atoms with E-state index in [9.17, 15) is 4.79 Å². The Bertz CT molecular complexity index is 1250. The van der Waals surface area contributed by atoms with Gasteiger partial charge in [0.25, 0.3) is 0 Å². The first kappa shape index (κ1) is 26.9. The molecule has 0 amide bonds. The first-order valence-corrected chi connectivity index (χ1v) is 12.1. The van der Waals surface area contributed by atoms with Gasteiger partial charge in [0.05, 0.1) is 17.7 Å². The fourth-order valence-electron chi connectivity index (χ4n) is 3.37. The SMILES string of the molecule is COc1cccc(Cl)c1C(=O)Pc1ccc(OCc2ccccc2)cc1OCc1ccccc1.[LiH]. The van der Waals surface area contributed by atoms with Gasteiger partial charge in [0.1, 0.15) is 30.5 Å². The van der Waals surface area contributed by atoms with Crippen LogP contribution in [0.5, 0.6) is 17.2 Å². The van der Waals surface area contributed by atoms with Gasteiger partial charge >= 0.3 is 18.9 Å². The van der Waals surface area contributed by atoms with Crippen LogP contribution in [0.4, 0.5) is 0 Å². The number of methoxy groups -OCH3 is 1. The summed E-state index contributed by atoms with van der Waals surface area (Å²) < 4.78 is 17.5. The second-order valence-electron chi connectivity index (χ2n) is 7.48. The molecule has 35 heavy (non-hydrogen) atoms. The van der Waals surface area contributed by atoms with Crippen LogP contribution in [0, 0.1) is 0 Å². The normalized spacial score (nSPS) is 10.6. The molecule has 0 aliphatic carbocycles. The van der Waals surface area contributed by atoms with Crippen molar-refractivity contribution < 1.29 is 19.0 Å². The predicted octanol–water partition coefficient (Wildman–Crippen LogP) is 6.00. The second-order valence-corrected chi connectivity index (χ2v) is 9.13. The van der Waals surface area contributed by atoms with Crippen LogP contribution < -0.4 is 19.5 Å². The quantitative estimate of drug-likeness (QED) is 0.199. The molecule has 7 heteroatoms. The molecule has 0 N–H and O–H groups in total. The number of ether oxygens (including phenoxy) is 3. The number of hydrogen-bond acceptors (Lipinski definition) is 4. The summed E-state index contributed by atoms with van der Waals surface area (Å²) >= 11 is 6.33. The average Bonchev–Trinajstić information content (AvgIpc) is 2.88. The van der Waals surface area contributed by atoms with Crippen molar-refractivity contribution in [3.8, 4) is 17.2 Å². The third kappa shape index (κ3) is 7.37. The maximum absolute atomic E-state index is 13.2. The molecule has 4 aromatic rings. The zero-order valence-electron chi connectivity index (χ0n) is 18.7. The fraction of sp³-hybridized carbons (Fsp3) is 0.107. The van der Waals surface area contributed by atoms with E-state index in [0.29, 0.717) is 41.0 Å². The molecule has 4 rings (SSSR count). The topological polar surface area (TPSA) is 44.8 Å². The summed E-state index contributed by atoms with van der Waals surface area (Å²) in [6, 6.07) is 30.6. The van der Waals surface area contributed by atoms with Crippen LogP contribution in [0.2, 0.25) is 5.02 Å². The van der Waals surface area contributed by atoms with E-state index in [1.54, 1.807) is 18.2 Å². The summed E-state index contributed by atoms with van der Waals surface area (Å²) in [6.07, 6.45) is 0. The van der Waals surface area contributed by atoms with Crippen LogP contribution in [0.1, 0.15) is 21.5 Å². The van der Waals surface area contributed by atoms with Gasteiger partial charge in [-0.15, -0.1) is 0 Å². The van der Waals surface area contributed by atoms with Gasteiger partial charge in [0.15, 0.2) is 5.52 Å². The molecule has 0 aliphatic heterocycles. The third-order valence-electron chi connectivity index (χ3n) is 5.11. The van der Waals surface area contributed by atoms with Gasteiger partial charge in [-0.3, -0.25) is 4.79 Å². The summed E-state index contributed by atoms with van der Waals surface area (Å²) in [5.41, 5.74) is 2.36. The number of carbonyl (C=O) groups excluding carboxylic acids is 1. The summed E-state index contributed by atoms with van der Waals surface area (Å²) in [7, 11) is 1.33. The molecule has 0 heterocycles. The van der Waals surface area contributed by atoms with Gasteiger partial charge in [-0.05, 0) is 44.0 Å². The first-order chi connectivity index (χ1) is 16.6. The monoisotopic (exact) mass is 498 g/mol. The number of halogens is 1. The van der Waals surface area contributed by atoms with Gasteiger partial charge in [-0.2, -0.15) is 0 Å². The van der Waals surface area contributed by atoms with Crippen molar-refractivity contribution >= 4 is 49.9 Å². The average molecular weight is 499 g/mol. The summed E-state index contributed by atoms with van der Waals surface area (Å²) in [4.78, 5) is 13.2. The molecule has 1 atom stereocenters. The Morgan fingerprint density at radius 2 is 1.40 bits per heavy atom. The Labute approximate surface area is 224 Å². The van der Waals surface area contributed by atoms with E-state index in [4.69, 9.17) is 25.8 Å². The van der Waals surface area contributed by atoms with E-state index < -0.39 is 0 Å². The fourth-order valence-corrected chi connectivity index (χ4v) is 4.76. The van der Waals surface area contributed by atoms with Crippen LogP contribution in [0.25, 0.3) is 0 Å². The van der Waals surface area contributed by atoms with Crippen molar-refractivity contribution in [3.05, 3.63) is 119 Å². The van der Waals surface area contributed by atoms with Gasteiger partial charge in [0.2, 0.25) is 0 Å². The second kappa shape index (κ2) is 13.4. The molecule has 0 radical (unpaired) electrons. The third-order valence-corrected chi connectivity index (χ3v) is 6.58. The van der Waals surface area contributed by atoms with Crippen LogP contribution in [-0.2, 0) is 13.2 Å². The summed E-state index contributed by atoms with van der Waals surface area (Å²) in [5, 5.41) is 1.14. The Morgan fingerprint density at radius 3 is 2.03 bits per heavy atom. The molecule has 0 aromatic heterocycles. The van der Waals surface area contributed by atoms with Crippen molar-refractivity contribution in [3.63, 3.8) is 0 Å². The Kier molecular flexibility index (Phi) is 10.3. The molecule has 4 aromatic carbocycles. The zero-order valence-corrected chi connectivity index (χ0v) is 20.4. The van der Waals surface area contributed by atoms with E-state index in [1.165, 1.54) is 7.11 Å². The minimum absolute atomic E-state index is 0. The molecule has 0 bridgehead atoms. The maximum atomic E-state index is 13.2. The van der Waals surface area contributed by atoms with Crippen molar-refractivity contribution in [2.24, 2.45) is 0 Å². The van der Waals surface area contributed by atoms with E-state index in [2.05, 4.69) is 0 Å². The van der Waals surface area contributed by atoms with Crippen molar-refractivity contribution in [2.45, 2.75) is 13.2 Å². The van der Waals surface area contributed by atoms with Crippen molar-refractivity contribution in [1.29, 1.82) is 0 Å². The molecular formula is C28H25ClLiO4P. The Hall–Kier alpha value is -2.73.